The summed E-state index contributed by atoms with van der Waals surface area (Å²) in [5.74, 6) is 2.82. The van der Waals surface area contributed by atoms with Gasteiger partial charge in [0.1, 0.15) is 5.75 Å². The average molecular weight is 252 g/mol. The van der Waals surface area contributed by atoms with E-state index in [1.165, 1.54) is 0 Å². The predicted octanol–water partition coefficient (Wildman–Crippen LogP) is 1.97. The number of ether oxygens (including phenoxy) is 1. The number of carbonyl (C=O) groups excluding carboxylic acids is 1. The van der Waals surface area contributed by atoms with Gasteiger partial charge in [0.25, 0.3) is 0 Å². The summed E-state index contributed by atoms with van der Waals surface area (Å²) < 4.78 is 5.06. The Morgan fingerprint density at radius 2 is 2.41 bits per heavy atom. The maximum absolute atomic E-state index is 11.9. The van der Waals surface area contributed by atoms with Crippen LogP contribution in [0.15, 0.2) is 18.2 Å². The number of amides is 1. The highest BCUT2D eigenvalue weighted by Gasteiger charge is 2.23. The van der Waals surface area contributed by atoms with Gasteiger partial charge in [-0.3, -0.25) is 4.79 Å². The van der Waals surface area contributed by atoms with Gasteiger partial charge in [-0.15, -0.1) is 0 Å². The van der Waals surface area contributed by atoms with Gasteiger partial charge in [0, 0.05) is 17.4 Å². The SMILES string of the molecule is COc1ccc(NC(=O)C2CCSC2)cc1N. The molecule has 4 nitrogen and oxygen atoms in total. The predicted molar refractivity (Wildman–Crippen MR) is 71.5 cm³/mol. The monoisotopic (exact) mass is 252 g/mol. The molecule has 1 aliphatic heterocycles. The number of hydrogen-bond donors (Lipinski definition) is 2. The topological polar surface area (TPSA) is 64.3 Å². The van der Waals surface area contributed by atoms with Gasteiger partial charge in [0.2, 0.25) is 5.91 Å². The molecular formula is C12H16N2O2S. The summed E-state index contributed by atoms with van der Waals surface area (Å²) in [6.45, 7) is 0. The van der Waals surface area contributed by atoms with Crippen molar-refractivity contribution >= 4 is 29.0 Å². The van der Waals surface area contributed by atoms with E-state index in [9.17, 15) is 4.79 Å². The Bertz CT molecular complexity index is 417. The van der Waals surface area contributed by atoms with Crippen molar-refractivity contribution in [2.75, 3.05) is 29.7 Å². The van der Waals surface area contributed by atoms with Gasteiger partial charge in [-0.25, -0.2) is 0 Å². The number of nitrogens with one attached hydrogen (secondary N) is 1. The minimum Gasteiger partial charge on any atom is -0.495 e. The molecule has 1 aromatic carbocycles. The lowest BCUT2D eigenvalue weighted by molar-refractivity contribution is -0.119. The minimum absolute atomic E-state index is 0.0829. The number of thioether (sulfide) groups is 1. The molecule has 0 aromatic heterocycles. The molecule has 17 heavy (non-hydrogen) atoms. The van der Waals surface area contributed by atoms with Crippen LogP contribution < -0.4 is 15.8 Å². The maximum atomic E-state index is 11.9. The number of nitrogens with two attached hydrogens (primary N) is 1. The molecule has 0 bridgehead atoms. The largest absolute Gasteiger partial charge is 0.495 e. The summed E-state index contributed by atoms with van der Waals surface area (Å²) >= 11 is 1.82. The Labute approximate surface area is 105 Å². The van der Waals surface area contributed by atoms with Crippen molar-refractivity contribution in [2.45, 2.75) is 6.42 Å². The average Bonchev–Trinajstić information content (AvgIpc) is 2.82. The summed E-state index contributed by atoms with van der Waals surface area (Å²) in [6.07, 6.45) is 0.960. The van der Waals surface area contributed by atoms with Crippen LogP contribution in [0.2, 0.25) is 0 Å². The van der Waals surface area contributed by atoms with Crippen molar-refractivity contribution in [3.05, 3.63) is 18.2 Å². The lowest BCUT2D eigenvalue weighted by Gasteiger charge is -2.11. The number of methoxy groups -OCH3 is 1. The molecule has 0 radical (unpaired) electrons. The van der Waals surface area contributed by atoms with Crippen LogP contribution in [0.3, 0.4) is 0 Å². The van der Waals surface area contributed by atoms with E-state index in [0.29, 0.717) is 11.4 Å². The van der Waals surface area contributed by atoms with Crippen LogP contribution in [0.25, 0.3) is 0 Å². The zero-order valence-electron chi connectivity index (χ0n) is 9.73. The highest BCUT2D eigenvalue weighted by molar-refractivity contribution is 7.99. The van der Waals surface area contributed by atoms with Gasteiger partial charge in [-0.1, -0.05) is 0 Å². The summed E-state index contributed by atoms with van der Waals surface area (Å²) in [5.41, 5.74) is 7.04. The van der Waals surface area contributed by atoms with Crippen LogP contribution in [0.5, 0.6) is 5.75 Å². The van der Waals surface area contributed by atoms with Crippen LogP contribution in [0.4, 0.5) is 11.4 Å². The van der Waals surface area contributed by atoms with Crippen LogP contribution in [0, 0.1) is 5.92 Å². The van der Waals surface area contributed by atoms with E-state index in [0.717, 1.165) is 23.6 Å². The fraction of sp³-hybridized carbons (Fsp3) is 0.417. The van der Waals surface area contributed by atoms with E-state index < -0.39 is 0 Å². The Kier molecular flexibility index (Phi) is 3.78. The molecule has 1 amide bonds. The van der Waals surface area contributed by atoms with Gasteiger partial charge in [0.05, 0.1) is 12.8 Å². The van der Waals surface area contributed by atoms with Crippen LogP contribution in [0.1, 0.15) is 6.42 Å². The lowest BCUT2D eigenvalue weighted by atomic mass is 10.1. The van der Waals surface area contributed by atoms with Crippen LogP contribution in [-0.4, -0.2) is 24.5 Å². The fourth-order valence-electron chi connectivity index (χ4n) is 1.80. The van der Waals surface area contributed by atoms with Gasteiger partial charge in [-0.05, 0) is 30.4 Å². The summed E-state index contributed by atoms with van der Waals surface area (Å²) in [4.78, 5) is 11.9. The second-order valence-electron chi connectivity index (χ2n) is 4.01. The normalized spacial score (nSPS) is 19.0. The third-order valence-electron chi connectivity index (χ3n) is 2.80. The molecule has 2 rings (SSSR count). The zero-order valence-corrected chi connectivity index (χ0v) is 10.5. The van der Waals surface area contributed by atoms with Crippen LogP contribution >= 0.6 is 11.8 Å². The number of hydrogen-bond acceptors (Lipinski definition) is 4. The molecule has 1 aliphatic rings. The Morgan fingerprint density at radius 1 is 1.59 bits per heavy atom. The molecule has 5 heteroatoms. The first kappa shape index (κ1) is 12.1. The number of nitrogen functional groups attached to an aromatic ring is 1. The highest BCUT2D eigenvalue weighted by Crippen LogP contribution is 2.27. The van der Waals surface area contributed by atoms with E-state index in [4.69, 9.17) is 10.5 Å². The molecular weight excluding hydrogens is 236 g/mol. The molecule has 0 spiro atoms. The van der Waals surface area contributed by atoms with E-state index >= 15 is 0 Å². The first-order chi connectivity index (χ1) is 8.20. The zero-order chi connectivity index (χ0) is 12.3. The van der Waals surface area contributed by atoms with Gasteiger partial charge in [-0.2, -0.15) is 11.8 Å². The van der Waals surface area contributed by atoms with Gasteiger partial charge >= 0.3 is 0 Å². The van der Waals surface area contributed by atoms with Gasteiger partial charge < -0.3 is 15.8 Å². The molecule has 0 saturated carbocycles. The molecule has 1 aromatic rings. The molecule has 1 atom stereocenters. The number of carbonyl (C=O) groups is 1. The number of benzene rings is 1. The maximum Gasteiger partial charge on any atom is 0.228 e. The highest BCUT2D eigenvalue weighted by atomic mass is 32.2. The van der Waals surface area contributed by atoms with E-state index in [-0.39, 0.29) is 11.8 Å². The molecule has 92 valence electrons. The first-order valence-electron chi connectivity index (χ1n) is 5.53. The molecule has 3 N–H and O–H groups in total. The van der Waals surface area contributed by atoms with Crippen LogP contribution in [-0.2, 0) is 4.79 Å². The molecule has 1 fully saturated rings. The van der Waals surface area contributed by atoms with Crippen molar-refractivity contribution in [2.24, 2.45) is 5.92 Å². The van der Waals surface area contributed by atoms with Crippen molar-refractivity contribution in [3.8, 4) is 5.75 Å². The Morgan fingerprint density at radius 3 is 3.00 bits per heavy atom. The molecule has 1 heterocycles. The van der Waals surface area contributed by atoms with Crippen molar-refractivity contribution < 1.29 is 9.53 Å². The van der Waals surface area contributed by atoms with Crippen molar-refractivity contribution in [3.63, 3.8) is 0 Å². The third kappa shape index (κ3) is 2.85. The van der Waals surface area contributed by atoms with Gasteiger partial charge in [0.15, 0.2) is 0 Å². The third-order valence-corrected chi connectivity index (χ3v) is 3.96. The lowest BCUT2D eigenvalue weighted by Crippen LogP contribution is -2.22. The van der Waals surface area contributed by atoms with E-state index in [1.807, 2.05) is 11.8 Å². The van der Waals surface area contributed by atoms with E-state index in [1.54, 1.807) is 25.3 Å². The Balaban J connectivity index is 2.03. The second kappa shape index (κ2) is 5.31. The number of rotatable bonds is 3. The molecule has 1 unspecified atom stereocenters. The molecule has 1 saturated heterocycles. The quantitative estimate of drug-likeness (QED) is 0.807. The van der Waals surface area contributed by atoms with Crippen molar-refractivity contribution in [1.82, 2.24) is 0 Å². The summed E-state index contributed by atoms with van der Waals surface area (Å²) in [6, 6.07) is 5.28. The molecule has 0 aliphatic carbocycles. The van der Waals surface area contributed by atoms with E-state index in [2.05, 4.69) is 5.32 Å². The Hall–Kier alpha value is -1.36. The summed E-state index contributed by atoms with van der Waals surface area (Å²) in [7, 11) is 1.57. The second-order valence-corrected chi connectivity index (χ2v) is 5.16. The number of anilines is 2. The smallest absolute Gasteiger partial charge is 0.228 e. The first-order valence-corrected chi connectivity index (χ1v) is 6.68. The minimum atomic E-state index is 0.0829. The summed E-state index contributed by atoms with van der Waals surface area (Å²) in [5, 5.41) is 2.89. The fourth-order valence-corrected chi connectivity index (χ4v) is 3.02. The van der Waals surface area contributed by atoms with Crippen molar-refractivity contribution in [1.29, 1.82) is 0 Å². The standard InChI is InChI=1S/C12H16N2O2S/c1-16-11-3-2-9(6-10(11)13)14-12(15)8-4-5-17-7-8/h2-3,6,8H,4-5,7,13H2,1H3,(H,14,15).